The molecule has 2 aromatic carbocycles. The minimum Gasteiger partial charge on any atom is -0.294 e. The first kappa shape index (κ1) is 17.4. The molecule has 0 saturated carbocycles. The molecule has 128 valence electrons. The lowest BCUT2D eigenvalue weighted by molar-refractivity contribution is 0.146. The molecule has 0 amide bonds. The molecule has 0 bridgehead atoms. The van der Waals surface area contributed by atoms with Gasteiger partial charge in [-0.2, -0.15) is 4.31 Å². The third kappa shape index (κ3) is 3.64. The van der Waals surface area contributed by atoms with Gasteiger partial charge in [0, 0.05) is 37.2 Å². The molecule has 4 nitrogen and oxygen atoms in total. The molecule has 0 unspecified atom stereocenters. The predicted molar refractivity (Wildman–Crippen MR) is 96.6 cm³/mol. The number of halogens is 1. The topological polar surface area (TPSA) is 40.6 Å². The zero-order valence-corrected chi connectivity index (χ0v) is 15.2. The molecule has 1 atom stereocenters. The van der Waals surface area contributed by atoms with Crippen LogP contribution in [-0.4, -0.2) is 43.8 Å². The third-order valence-electron chi connectivity index (χ3n) is 4.54. The molecule has 0 spiro atoms. The van der Waals surface area contributed by atoms with Crippen molar-refractivity contribution in [1.29, 1.82) is 0 Å². The molecule has 1 fully saturated rings. The summed E-state index contributed by atoms with van der Waals surface area (Å²) in [6, 6.07) is 17.0. The molecular weight excluding hydrogens is 344 g/mol. The van der Waals surface area contributed by atoms with Crippen LogP contribution in [0.3, 0.4) is 0 Å². The smallest absolute Gasteiger partial charge is 0.243 e. The van der Waals surface area contributed by atoms with Crippen LogP contribution < -0.4 is 0 Å². The second-order valence-corrected chi connectivity index (χ2v) is 8.36. The van der Waals surface area contributed by atoms with E-state index in [-0.39, 0.29) is 10.9 Å². The normalized spacial score (nSPS) is 18.4. The Kier molecular flexibility index (Phi) is 5.25. The Bertz CT molecular complexity index is 788. The largest absolute Gasteiger partial charge is 0.294 e. The van der Waals surface area contributed by atoms with E-state index in [0.717, 1.165) is 13.1 Å². The van der Waals surface area contributed by atoms with Gasteiger partial charge in [-0.25, -0.2) is 8.42 Å². The van der Waals surface area contributed by atoms with Crippen molar-refractivity contribution < 1.29 is 8.42 Å². The summed E-state index contributed by atoms with van der Waals surface area (Å²) in [5, 5.41) is 0.437. The van der Waals surface area contributed by atoms with Crippen LogP contribution in [0.5, 0.6) is 0 Å². The summed E-state index contributed by atoms with van der Waals surface area (Å²) >= 11 is 5.93. The highest BCUT2D eigenvalue weighted by Crippen LogP contribution is 2.25. The summed E-state index contributed by atoms with van der Waals surface area (Å²) in [6.45, 7) is 4.58. The molecule has 0 aromatic heterocycles. The maximum atomic E-state index is 12.7. The Morgan fingerprint density at radius 1 is 0.958 bits per heavy atom. The molecule has 1 heterocycles. The monoisotopic (exact) mass is 364 g/mol. The van der Waals surface area contributed by atoms with Crippen molar-refractivity contribution in [2.24, 2.45) is 0 Å². The lowest BCUT2D eigenvalue weighted by Crippen LogP contribution is -2.49. The summed E-state index contributed by atoms with van der Waals surface area (Å²) in [7, 11) is -3.48. The zero-order chi connectivity index (χ0) is 17.2. The van der Waals surface area contributed by atoms with Gasteiger partial charge >= 0.3 is 0 Å². The SMILES string of the molecule is C[C@H](c1ccccc1)N1CCN(S(=O)(=O)c2cccc(Cl)c2)CC1. The summed E-state index contributed by atoms with van der Waals surface area (Å²) in [5.74, 6) is 0. The van der Waals surface area contributed by atoms with Crippen LogP contribution in [0.4, 0.5) is 0 Å². The number of rotatable bonds is 4. The Morgan fingerprint density at radius 3 is 2.25 bits per heavy atom. The predicted octanol–water partition coefficient (Wildman–Crippen LogP) is 3.41. The number of benzene rings is 2. The van der Waals surface area contributed by atoms with Crippen molar-refractivity contribution in [2.75, 3.05) is 26.2 Å². The van der Waals surface area contributed by atoms with Crippen molar-refractivity contribution in [2.45, 2.75) is 17.9 Å². The van der Waals surface area contributed by atoms with Gasteiger partial charge in [-0.05, 0) is 30.7 Å². The van der Waals surface area contributed by atoms with Crippen molar-refractivity contribution >= 4 is 21.6 Å². The van der Waals surface area contributed by atoms with Gasteiger partial charge in [-0.3, -0.25) is 4.90 Å². The number of hydrogen-bond acceptors (Lipinski definition) is 3. The molecule has 0 N–H and O–H groups in total. The highest BCUT2D eigenvalue weighted by Gasteiger charge is 2.30. The van der Waals surface area contributed by atoms with E-state index in [4.69, 9.17) is 11.6 Å². The van der Waals surface area contributed by atoms with Gasteiger partial charge in [0.25, 0.3) is 0 Å². The molecule has 2 aromatic rings. The van der Waals surface area contributed by atoms with Gasteiger partial charge in [-0.1, -0.05) is 48.0 Å². The van der Waals surface area contributed by atoms with E-state index < -0.39 is 10.0 Å². The summed E-state index contributed by atoms with van der Waals surface area (Å²) in [6.07, 6.45) is 0. The number of nitrogens with zero attached hydrogens (tertiary/aromatic N) is 2. The highest BCUT2D eigenvalue weighted by molar-refractivity contribution is 7.89. The Balaban J connectivity index is 1.69. The number of piperazine rings is 1. The quantitative estimate of drug-likeness (QED) is 0.834. The molecule has 1 aliphatic rings. The van der Waals surface area contributed by atoms with Crippen LogP contribution in [-0.2, 0) is 10.0 Å². The maximum absolute atomic E-state index is 12.7. The van der Waals surface area contributed by atoms with Gasteiger partial charge in [0.05, 0.1) is 4.90 Å². The lowest BCUT2D eigenvalue weighted by atomic mass is 10.1. The van der Waals surface area contributed by atoms with Crippen molar-refractivity contribution in [1.82, 2.24) is 9.21 Å². The van der Waals surface area contributed by atoms with Crippen molar-refractivity contribution in [3.05, 3.63) is 65.2 Å². The average molecular weight is 365 g/mol. The first-order valence-corrected chi connectivity index (χ1v) is 9.85. The standard InChI is InChI=1S/C18H21ClN2O2S/c1-15(16-6-3-2-4-7-16)20-10-12-21(13-11-20)24(22,23)18-9-5-8-17(19)14-18/h2-9,14-15H,10-13H2,1H3/t15-/m1/s1. The fourth-order valence-corrected chi connectivity index (χ4v) is 4.77. The maximum Gasteiger partial charge on any atom is 0.243 e. The van der Waals surface area contributed by atoms with Crippen LogP contribution in [0.1, 0.15) is 18.5 Å². The molecule has 1 aliphatic heterocycles. The summed E-state index contributed by atoms with van der Waals surface area (Å²) in [4.78, 5) is 2.58. The van der Waals surface area contributed by atoms with Crippen LogP contribution in [0.25, 0.3) is 0 Å². The van der Waals surface area contributed by atoms with Crippen LogP contribution in [0, 0.1) is 0 Å². The van der Waals surface area contributed by atoms with Crippen LogP contribution in [0.15, 0.2) is 59.5 Å². The molecule has 1 saturated heterocycles. The van der Waals surface area contributed by atoms with Gasteiger partial charge in [-0.15, -0.1) is 0 Å². The van der Waals surface area contributed by atoms with E-state index in [2.05, 4.69) is 24.0 Å². The van der Waals surface area contributed by atoms with Gasteiger partial charge < -0.3 is 0 Å². The molecule has 6 heteroatoms. The van der Waals surface area contributed by atoms with Crippen molar-refractivity contribution in [3.8, 4) is 0 Å². The molecule has 0 radical (unpaired) electrons. The van der Waals surface area contributed by atoms with E-state index >= 15 is 0 Å². The number of sulfonamides is 1. The Morgan fingerprint density at radius 2 is 1.62 bits per heavy atom. The Labute approximate surface area is 148 Å². The van der Waals surface area contributed by atoms with E-state index in [1.165, 1.54) is 11.6 Å². The van der Waals surface area contributed by atoms with Gasteiger partial charge in [0.2, 0.25) is 10.0 Å². The summed E-state index contributed by atoms with van der Waals surface area (Å²) < 4.78 is 27.0. The molecule has 24 heavy (non-hydrogen) atoms. The average Bonchev–Trinajstić information content (AvgIpc) is 2.62. The van der Waals surface area contributed by atoms with Gasteiger partial charge in [0.1, 0.15) is 0 Å². The van der Waals surface area contributed by atoms with E-state index in [1.54, 1.807) is 22.5 Å². The third-order valence-corrected chi connectivity index (χ3v) is 6.67. The first-order valence-electron chi connectivity index (χ1n) is 8.03. The zero-order valence-electron chi connectivity index (χ0n) is 13.6. The van der Waals surface area contributed by atoms with E-state index in [9.17, 15) is 8.42 Å². The van der Waals surface area contributed by atoms with Crippen LogP contribution in [0.2, 0.25) is 5.02 Å². The minimum atomic E-state index is -3.48. The summed E-state index contributed by atoms with van der Waals surface area (Å²) in [5.41, 5.74) is 1.25. The fourth-order valence-electron chi connectivity index (χ4n) is 3.05. The first-order chi connectivity index (χ1) is 11.5. The number of hydrogen-bond donors (Lipinski definition) is 0. The second-order valence-electron chi connectivity index (χ2n) is 5.98. The van der Waals surface area contributed by atoms with Gasteiger partial charge in [0.15, 0.2) is 0 Å². The van der Waals surface area contributed by atoms with Crippen LogP contribution >= 0.6 is 11.6 Å². The highest BCUT2D eigenvalue weighted by atomic mass is 35.5. The van der Waals surface area contributed by atoms with E-state index in [0.29, 0.717) is 18.1 Å². The van der Waals surface area contributed by atoms with E-state index in [1.807, 2.05) is 18.2 Å². The Hall–Kier alpha value is -1.40. The molecular formula is C18H21ClN2O2S. The second kappa shape index (κ2) is 7.23. The minimum absolute atomic E-state index is 0.263. The van der Waals surface area contributed by atoms with Crippen molar-refractivity contribution in [3.63, 3.8) is 0 Å². The fraction of sp³-hybridized carbons (Fsp3) is 0.333. The molecule has 3 rings (SSSR count). The lowest BCUT2D eigenvalue weighted by Gasteiger charge is -2.37. The molecule has 0 aliphatic carbocycles.